The molecule has 0 aliphatic carbocycles. The van der Waals surface area contributed by atoms with Gasteiger partial charge in [-0.25, -0.2) is 19.5 Å². The topological polar surface area (TPSA) is 105 Å². The van der Waals surface area contributed by atoms with Gasteiger partial charge in [0.1, 0.15) is 0 Å². The van der Waals surface area contributed by atoms with E-state index in [-0.39, 0.29) is 28.8 Å². The normalized spacial score (nSPS) is 17.1. The SMILES string of the molecule is COc1ncc(C(=O)N2CC[C@H](c3cc(=O)n4[nH]c(C(C)(C)C)cc4n3)C2)cn1. The zero-order chi connectivity index (χ0) is 20.8. The highest BCUT2D eigenvalue weighted by atomic mass is 16.5. The molecule has 0 radical (unpaired) electrons. The van der Waals surface area contributed by atoms with E-state index in [1.807, 2.05) is 6.07 Å². The number of carbonyl (C=O) groups is 1. The molecule has 1 saturated heterocycles. The Morgan fingerprint density at radius 3 is 2.62 bits per heavy atom. The number of aromatic amines is 1. The summed E-state index contributed by atoms with van der Waals surface area (Å²) in [5, 5.41) is 3.13. The van der Waals surface area contributed by atoms with E-state index in [4.69, 9.17) is 9.72 Å². The molecule has 4 heterocycles. The van der Waals surface area contributed by atoms with Gasteiger partial charge in [0, 0.05) is 54.6 Å². The second-order valence-corrected chi connectivity index (χ2v) is 8.33. The second kappa shape index (κ2) is 6.98. The molecule has 9 nitrogen and oxygen atoms in total. The van der Waals surface area contributed by atoms with Gasteiger partial charge in [-0.3, -0.25) is 14.7 Å². The van der Waals surface area contributed by atoms with Gasteiger partial charge >= 0.3 is 6.01 Å². The summed E-state index contributed by atoms with van der Waals surface area (Å²) in [7, 11) is 1.48. The highest BCUT2D eigenvalue weighted by Crippen LogP contribution is 2.27. The summed E-state index contributed by atoms with van der Waals surface area (Å²) in [5.41, 5.74) is 2.42. The van der Waals surface area contributed by atoms with E-state index < -0.39 is 0 Å². The van der Waals surface area contributed by atoms with Crippen LogP contribution < -0.4 is 10.3 Å². The Bertz CT molecular complexity index is 1110. The number of hydrogen-bond donors (Lipinski definition) is 1. The summed E-state index contributed by atoms with van der Waals surface area (Å²) in [4.78, 5) is 39.7. The number of ether oxygens (including phenoxy) is 1. The lowest BCUT2D eigenvalue weighted by atomic mass is 9.93. The largest absolute Gasteiger partial charge is 0.467 e. The van der Waals surface area contributed by atoms with Crippen LogP contribution >= 0.6 is 0 Å². The number of methoxy groups -OCH3 is 1. The fraction of sp³-hybridized carbons (Fsp3) is 0.450. The van der Waals surface area contributed by atoms with Crippen molar-refractivity contribution >= 4 is 11.6 Å². The van der Waals surface area contributed by atoms with E-state index in [2.05, 4.69) is 35.8 Å². The molecule has 3 aromatic rings. The van der Waals surface area contributed by atoms with Gasteiger partial charge in [-0.1, -0.05) is 20.8 Å². The van der Waals surface area contributed by atoms with E-state index in [9.17, 15) is 9.59 Å². The van der Waals surface area contributed by atoms with Crippen molar-refractivity contribution in [3.63, 3.8) is 0 Å². The number of aromatic nitrogens is 5. The average Bonchev–Trinajstić information content (AvgIpc) is 3.35. The number of nitrogens with one attached hydrogen (secondary N) is 1. The molecule has 0 saturated carbocycles. The summed E-state index contributed by atoms with van der Waals surface area (Å²) in [6.45, 7) is 7.33. The third kappa shape index (κ3) is 3.59. The number of likely N-dealkylation sites (tertiary alicyclic amines) is 1. The molecule has 0 bridgehead atoms. The van der Waals surface area contributed by atoms with Crippen molar-refractivity contribution in [1.29, 1.82) is 0 Å². The van der Waals surface area contributed by atoms with Gasteiger partial charge in [0.15, 0.2) is 5.65 Å². The van der Waals surface area contributed by atoms with Crippen LogP contribution in [0.1, 0.15) is 54.9 Å². The Morgan fingerprint density at radius 1 is 1.24 bits per heavy atom. The van der Waals surface area contributed by atoms with E-state index in [0.717, 1.165) is 17.8 Å². The molecule has 1 N–H and O–H groups in total. The maximum Gasteiger partial charge on any atom is 0.316 e. The quantitative estimate of drug-likeness (QED) is 0.723. The predicted octanol–water partition coefficient (Wildman–Crippen LogP) is 1.75. The van der Waals surface area contributed by atoms with E-state index >= 15 is 0 Å². The van der Waals surface area contributed by atoms with Crippen LogP contribution in [0.2, 0.25) is 0 Å². The first-order chi connectivity index (χ1) is 13.8. The Morgan fingerprint density at radius 2 is 1.97 bits per heavy atom. The van der Waals surface area contributed by atoms with Crippen LogP contribution in [-0.4, -0.2) is 55.6 Å². The van der Waals surface area contributed by atoms with Gasteiger partial charge in [-0.05, 0) is 6.42 Å². The fourth-order valence-electron chi connectivity index (χ4n) is 3.50. The summed E-state index contributed by atoms with van der Waals surface area (Å²) >= 11 is 0. The number of H-pyrrole nitrogens is 1. The van der Waals surface area contributed by atoms with E-state index in [0.29, 0.717) is 24.3 Å². The van der Waals surface area contributed by atoms with Crippen molar-refractivity contribution < 1.29 is 9.53 Å². The molecule has 0 spiro atoms. The number of carbonyl (C=O) groups excluding carboxylic acids is 1. The molecular weight excluding hydrogens is 372 g/mol. The van der Waals surface area contributed by atoms with Crippen LogP contribution in [-0.2, 0) is 5.41 Å². The van der Waals surface area contributed by atoms with Crippen molar-refractivity contribution in [2.24, 2.45) is 0 Å². The summed E-state index contributed by atoms with van der Waals surface area (Å²) in [6, 6.07) is 3.70. The Balaban J connectivity index is 1.56. The minimum absolute atomic E-state index is 0.0174. The van der Waals surface area contributed by atoms with Crippen LogP contribution in [0.25, 0.3) is 5.65 Å². The predicted molar refractivity (Wildman–Crippen MR) is 106 cm³/mol. The summed E-state index contributed by atoms with van der Waals surface area (Å²) < 4.78 is 6.40. The smallest absolute Gasteiger partial charge is 0.316 e. The lowest BCUT2D eigenvalue weighted by molar-refractivity contribution is 0.0789. The Kier molecular flexibility index (Phi) is 4.60. The van der Waals surface area contributed by atoms with Gasteiger partial charge in [0.2, 0.25) is 0 Å². The lowest BCUT2D eigenvalue weighted by Gasteiger charge is -2.16. The molecule has 0 aromatic carbocycles. The third-order valence-electron chi connectivity index (χ3n) is 5.23. The molecule has 1 aliphatic heterocycles. The maximum atomic E-state index is 12.7. The number of fused-ring (bicyclic) bond motifs is 1. The van der Waals surface area contributed by atoms with E-state index in [1.165, 1.54) is 24.0 Å². The molecule has 29 heavy (non-hydrogen) atoms. The first kappa shape index (κ1) is 19.1. The Hall–Kier alpha value is -3.23. The van der Waals surface area contributed by atoms with Crippen LogP contribution in [0.3, 0.4) is 0 Å². The molecule has 0 unspecified atom stereocenters. The second-order valence-electron chi connectivity index (χ2n) is 8.33. The number of amides is 1. The van der Waals surface area contributed by atoms with E-state index in [1.54, 1.807) is 11.0 Å². The van der Waals surface area contributed by atoms with Gasteiger partial charge in [-0.15, -0.1) is 0 Å². The molecule has 1 fully saturated rings. The zero-order valence-corrected chi connectivity index (χ0v) is 17.0. The highest BCUT2D eigenvalue weighted by molar-refractivity contribution is 5.93. The lowest BCUT2D eigenvalue weighted by Crippen LogP contribution is -2.29. The molecule has 4 rings (SSSR count). The summed E-state index contributed by atoms with van der Waals surface area (Å²) in [6.07, 6.45) is 3.68. The molecule has 9 heteroatoms. The number of rotatable bonds is 3. The molecular formula is C20H24N6O3. The molecule has 1 amide bonds. The summed E-state index contributed by atoms with van der Waals surface area (Å²) in [5.74, 6) is -0.117. The molecule has 152 valence electrons. The third-order valence-corrected chi connectivity index (χ3v) is 5.23. The monoisotopic (exact) mass is 396 g/mol. The molecule has 1 atom stereocenters. The molecule has 1 aliphatic rings. The Labute approximate surface area is 167 Å². The molecule has 3 aromatic heterocycles. The number of hydrogen-bond acceptors (Lipinski definition) is 6. The van der Waals surface area contributed by atoms with Crippen LogP contribution in [0, 0.1) is 0 Å². The van der Waals surface area contributed by atoms with Gasteiger partial charge in [0.25, 0.3) is 11.5 Å². The van der Waals surface area contributed by atoms with Crippen molar-refractivity contribution in [3.8, 4) is 6.01 Å². The fourth-order valence-corrected chi connectivity index (χ4v) is 3.50. The van der Waals surface area contributed by atoms with Crippen LogP contribution in [0.15, 0.2) is 29.3 Å². The first-order valence-corrected chi connectivity index (χ1v) is 9.55. The number of nitrogens with zero attached hydrogens (tertiary/aromatic N) is 5. The van der Waals surface area contributed by atoms with Crippen molar-refractivity contribution in [2.75, 3.05) is 20.2 Å². The van der Waals surface area contributed by atoms with Crippen molar-refractivity contribution in [1.82, 2.24) is 29.5 Å². The maximum absolute atomic E-state index is 12.7. The van der Waals surface area contributed by atoms with Gasteiger partial charge < -0.3 is 9.64 Å². The standard InChI is InChI=1S/C20H24N6O3/c1-20(2,3)15-8-16-23-14(7-17(27)26(16)24-15)12-5-6-25(11-12)18(28)13-9-21-19(29-4)22-10-13/h7-10,12,24H,5-6,11H2,1-4H3/t12-/m0/s1. The van der Waals surface area contributed by atoms with Crippen LogP contribution in [0.5, 0.6) is 6.01 Å². The van der Waals surface area contributed by atoms with Gasteiger partial charge in [-0.2, -0.15) is 0 Å². The van der Waals surface area contributed by atoms with Crippen molar-refractivity contribution in [3.05, 3.63) is 51.8 Å². The van der Waals surface area contributed by atoms with Crippen molar-refractivity contribution in [2.45, 2.75) is 38.5 Å². The zero-order valence-electron chi connectivity index (χ0n) is 17.0. The minimum atomic E-state index is -0.145. The van der Waals surface area contributed by atoms with Gasteiger partial charge in [0.05, 0.1) is 18.4 Å². The first-order valence-electron chi connectivity index (χ1n) is 9.55. The average molecular weight is 396 g/mol. The highest BCUT2D eigenvalue weighted by Gasteiger charge is 2.30. The minimum Gasteiger partial charge on any atom is -0.467 e. The van der Waals surface area contributed by atoms with Crippen LogP contribution in [0.4, 0.5) is 0 Å².